The number of rotatable bonds is 7. The van der Waals surface area contributed by atoms with Gasteiger partial charge in [0, 0.05) is 31.4 Å². The van der Waals surface area contributed by atoms with Crippen molar-refractivity contribution in [3.8, 4) is 11.5 Å². The number of guanidine groups is 1. The predicted octanol–water partition coefficient (Wildman–Crippen LogP) is 2.91. The minimum Gasteiger partial charge on any atom is -0.444 e. The molecule has 0 fully saturated rings. The van der Waals surface area contributed by atoms with Gasteiger partial charge in [-0.3, -0.25) is 9.67 Å². The highest BCUT2D eigenvalue weighted by molar-refractivity contribution is 5.79. The van der Waals surface area contributed by atoms with Crippen molar-refractivity contribution in [2.45, 2.75) is 33.4 Å². The molecular weight excluding hydrogens is 340 g/mol. The van der Waals surface area contributed by atoms with E-state index in [0.29, 0.717) is 12.4 Å². The fourth-order valence-corrected chi connectivity index (χ4v) is 2.83. The second kappa shape index (κ2) is 9.02. The van der Waals surface area contributed by atoms with Crippen molar-refractivity contribution in [3.63, 3.8) is 0 Å². The largest absolute Gasteiger partial charge is 0.444 e. The Morgan fingerprint density at radius 2 is 2.00 bits per heavy atom. The zero-order valence-electron chi connectivity index (χ0n) is 16.1. The first-order valence-electron chi connectivity index (χ1n) is 9.11. The summed E-state index contributed by atoms with van der Waals surface area (Å²) in [5, 5.41) is 11.0. The molecule has 27 heavy (non-hydrogen) atoms. The number of hydrogen-bond acceptors (Lipinski definition) is 4. The van der Waals surface area contributed by atoms with Crippen LogP contribution in [0.5, 0.6) is 0 Å². The molecule has 2 N–H and O–H groups in total. The molecule has 0 unspecified atom stereocenters. The van der Waals surface area contributed by atoms with Crippen molar-refractivity contribution < 1.29 is 4.42 Å². The summed E-state index contributed by atoms with van der Waals surface area (Å²) < 4.78 is 7.59. The Balaban J connectivity index is 1.43. The zero-order valence-corrected chi connectivity index (χ0v) is 16.1. The van der Waals surface area contributed by atoms with E-state index in [1.54, 1.807) is 13.3 Å². The first-order valence-corrected chi connectivity index (χ1v) is 9.11. The van der Waals surface area contributed by atoms with Crippen molar-refractivity contribution in [2.75, 3.05) is 13.6 Å². The lowest BCUT2D eigenvalue weighted by Gasteiger charge is -2.11. The van der Waals surface area contributed by atoms with Gasteiger partial charge in [0.05, 0.1) is 17.9 Å². The lowest BCUT2D eigenvalue weighted by atomic mass is 10.2. The topological polar surface area (TPSA) is 80.3 Å². The van der Waals surface area contributed by atoms with Gasteiger partial charge in [-0.05, 0) is 38.5 Å². The van der Waals surface area contributed by atoms with Crippen LogP contribution >= 0.6 is 0 Å². The molecule has 3 rings (SSSR count). The highest BCUT2D eigenvalue weighted by Gasteiger charge is 2.07. The van der Waals surface area contributed by atoms with Crippen LogP contribution in [0.25, 0.3) is 11.5 Å². The molecule has 0 saturated heterocycles. The fraction of sp³-hybridized carbons (Fsp3) is 0.350. The lowest BCUT2D eigenvalue weighted by Crippen LogP contribution is -2.37. The number of aryl methyl sites for hydroxylation is 3. The van der Waals surface area contributed by atoms with Gasteiger partial charge in [0.15, 0.2) is 5.96 Å². The van der Waals surface area contributed by atoms with Gasteiger partial charge in [-0.25, -0.2) is 4.98 Å². The standard InChI is InChI=1S/C20H26N6O/c1-15-12-16(2)26(25-15)11-7-10-22-20(21-3)23-13-18-14-27-19(24-18)17-8-5-4-6-9-17/h4-6,8-9,12,14H,7,10-11,13H2,1-3H3,(H2,21,22,23). The lowest BCUT2D eigenvalue weighted by molar-refractivity contribution is 0.555. The molecule has 3 aromatic rings. The summed E-state index contributed by atoms with van der Waals surface area (Å²) in [6, 6.07) is 12.0. The molecule has 0 aliphatic carbocycles. The van der Waals surface area contributed by atoms with Gasteiger partial charge in [-0.1, -0.05) is 18.2 Å². The summed E-state index contributed by atoms with van der Waals surface area (Å²) in [6.07, 6.45) is 2.64. The average Bonchev–Trinajstić information content (AvgIpc) is 3.28. The highest BCUT2D eigenvalue weighted by Crippen LogP contribution is 2.17. The maximum absolute atomic E-state index is 5.56. The first kappa shape index (κ1) is 18.7. The van der Waals surface area contributed by atoms with Gasteiger partial charge in [0.1, 0.15) is 6.26 Å². The molecule has 7 nitrogen and oxygen atoms in total. The fourth-order valence-electron chi connectivity index (χ4n) is 2.83. The van der Waals surface area contributed by atoms with Crippen LogP contribution < -0.4 is 10.6 Å². The molecule has 1 aromatic carbocycles. The van der Waals surface area contributed by atoms with Crippen molar-refractivity contribution in [1.29, 1.82) is 0 Å². The van der Waals surface area contributed by atoms with E-state index in [0.717, 1.165) is 42.4 Å². The van der Waals surface area contributed by atoms with Gasteiger partial charge >= 0.3 is 0 Å². The van der Waals surface area contributed by atoms with E-state index >= 15 is 0 Å². The van der Waals surface area contributed by atoms with Crippen LogP contribution in [0.1, 0.15) is 23.5 Å². The third-order valence-electron chi connectivity index (χ3n) is 4.18. The van der Waals surface area contributed by atoms with Crippen LogP contribution in [0.4, 0.5) is 0 Å². The third-order valence-corrected chi connectivity index (χ3v) is 4.18. The van der Waals surface area contributed by atoms with Crippen molar-refractivity contribution >= 4 is 5.96 Å². The smallest absolute Gasteiger partial charge is 0.226 e. The molecular formula is C20H26N6O. The van der Waals surface area contributed by atoms with Crippen LogP contribution in [0.2, 0.25) is 0 Å². The van der Waals surface area contributed by atoms with Gasteiger partial charge in [-0.15, -0.1) is 0 Å². The van der Waals surface area contributed by atoms with Crippen molar-refractivity contribution in [2.24, 2.45) is 4.99 Å². The molecule has 0 bridgehead atoms. The SMILES string of the molecule is CN=C(NCCCn1nc(C)cc1C)NCc1coc(-c2ccccc2)n1. The molecule has 0 aliphatic rings. The molecule has 0 radical (unpaired) electrons. The van der Waals surface area contributed by atoms with E-state index in [1.807, 2.05) is 41.9 Å². The van der Waals surface area contributed by atoms with Gasteiger partial charge in [0.25, 0.3) is 0 Å². The Bertz CT molecular complexity index is 881. The summed E-state index contributed by atoms with van der Waals surface area (Å²) in [5.41, 5.74) is 4.05. The monoisotopic (exact) mass is 366 g/mol. The van der Waals surface area contributed by atoms with Gasteiger partial charge < -0.3 is 15.1 Å². The molecule has 0 atom stereocenters. The molecule has 142 valence electrons. The quantitative estimate of drug-likeness (QED) is 0.382. The van der Waals surface area contributed by atoms with Crippen LogP contribution in [0.15, 0.2) is 52.1 Å². The number of aliphatic imine (C=N–C) groups is 1. The Morgan fingerprint density at radius 3 is 2.70 bits per heavy atom. The molecule has 0 saturated carbocycles. The third kappa shape index (κ3) is 5.20. The second-order valence-electron chi connectivity index (χ2n) is 6.37. The van der Waals surface area contributed by atoms with Gasteiger partial charge in [-0.2, -0.15) is 5.10 Å². The first-order chi connectivity index (χ1) is 13.2. The summed E-state index contributed by atoms with van der Waals surface area (Å²) >= 11 is 0. The maximum Gasteiger partial charge on any atom is 0.226 e. The van der Waals surface area contributed by atoms with Gasteiger partial charge in [0.2, 0.25) is 5.89 Å². The van der Waals surface area contributed by atoms with E-state index in [9.17, 15) is 0 Å². The normalized spacial score (nSPS) is 11.6. The number of benzene rings is 1. The summed E-state index contributed by atoms with van der Waals surface area (Å²) in [7, 11) is 1.76. The number of oxazole rings is 1. The van der Waals surface area contributed by atoms with E-state index in [2.05, 4.69) is 38.7 Å². The van der Waals surface area contributed by atoms with Crippen LogP contribution in [-0.2, 0) is 13.1 Å². The molecule has 2 heterocycles. The molecule has 2 aromatic heterocycles. The minimum atomic E-state index is 0.549. The number of hydrogen-bond donors (Lipinski definition) is 2. The van der Waals surface area contributed by atoms with Crippen LogP contribution in [0.3, 0.4) is 0 Å². The van der Waals surface area contributed by atoms with Crippen molar-refractivity contribution in [1.82, 2.24) is 25.4 Å². The summed E-state index contributed by atoms with van der Waals surface area (Å²) in [6.45, 7) is 6.34. The molecule has 7 heteroatoms. The Kier molecular flexibility index (Phi) is 6.25. The minimum absolute atomic E-state index is 0.549. The summed E-state index contributed by atoms with van der Waals surface area (Å²) in [4.78, 5) is 8.76. The highest BCUT2D eigenvalue weighted by atomic mass is 16.3. The average molecular weight is 366 g/mol. The Hall–Kier alpha value is -3.09. The van der Waals surface area contributed by atoms with E-state index in [-0.39, 0.29) is 0 Å². The van der Waals surface area contributed by atoms with Crippen molar-refractivity contribution in [3.05, 3.63) is 59.7 Å². The second-order valence-corrected chi connectivity index (χ2v) is 6.37. The number of nitrogens with zero attached hydrogens (tertiary/aromatic N) is 4. The van der Waals surface area contributed by atoms with E-state index in [4.69, 9.17) is 4.42 Å². The summed E-state index contributed by atoms with van der Waals surface area (Å²) in [5.74, 6) is 1.37. The molecule has 0 spiro atoms. The van der Waals surface area contributed by atoms with Crippen LogP contribution in [-0.4, -0.2) is 34.3 Å². The maximum atomic E-state index is 5.56. The van der Waals surface area contributed by atoms with E-state index in [1.165, 1.54) is 5.69 Å². The zero-order chi connectivity index (χ0) is 19.1. The molecule has 0 aliphatic heterocycles. The predicted molar refractivity (Wildman–Crippen MR) is 106 cm³/mol. The number of nitrogens with one attached hydrogen (secondary N) is 2. The molecule has 0 amide bonds. The van der Waals surface area contributed by atoms with Crippen LogP contribution in [0, 0.1) is 13.8 Å². The Labute approximate surface area is 159 Å². The Morgan fingerprint density at radius 1 is 1.19 bits per heavy atom. The number of aromatic nitrogens is 3. The van der Waals surface area contributed by atoms with E-state index < -0.39 is 0 Å².